The molecular weight excluding hydrogens is 313 g/mol. The van der Waals surface area contributed by atoms with E-state index >= 15 is 0 Å². The van der Waals surface area contributed by atoms with E-state index in [2.05, 4.69) is 5.10 Å². The first-order chi connectivity index (χ1) is 10.2. The molecule has 0 fully saturated rings. The summed E-state index contributed by atoms with van der Waals surface area (Å²) in [7, 11) is -1.34. The molecule has 2 rings (SSSR count). The zero-order valence-electron chi connectivity index (χ0n) is 11.8. The van der Waals surface area contributed by atoms with E-state index in [0.29, 0.717) is 0 Å². The van der Waals surface area contributed by atoms with Crippen LogP contribution in [0.2, 0.25) is 0 Å². The third-order valence-electron chi connectivity index (χ3n) is 3.14. The Labute approximate surface area is 126 Å². The van der Waals surface area contributed by atoms with Crippen molar-refractivity contribution in [3.8, 4) is 0 Å². The van der Waals surface area contributed by atoms with Crippen molar-refractivity contribution in [2.24, 2.45) is 7.05 Å². The molecule has 22 heavy (non-hydrogen) atoms. The van der Waals surface area contributed by atoms with Gasteiger partial charge in [0.05, 0.1) is 6.20 Å². The molecule has 1 atom stereocenters. The second-order valence-electron chi connectivity index (χ2n) is 4.66. The maximum Gasteiger partial charge on any atom is 0.326 e. The van der Waals surface area contributed by atoms with Crippen molar-refractivity contribution < 1.29 is 22.7 Å². The number of nitrogens with zero attached hydrogens (tertiary/aromatic N) is 3. The summed E-state index contributed by atoms with van der Waals surface area (Å²) in [6, 6.07) is 3.17. The Morgan fingerprint density at radius 1 is 1.36 bits per heavy atom. The topological polar surface area (TPSA) is 92.5 Å². The number of carbonyl (C=O) groups is 1. The predicted octanol–water partition coefficient (Wildman–Crippen LogP) is 1.01. The van der Waals surface area contributed by atoms with Gasteiger partial charge < -0.3 is 5.11 Å². The Morgan fingerprint density at radius 2 is 1.95 bits per heavy atom. The fourth-order valence-corrected chi connectivity index (χ4v) is 3.28. The van der Waals surface area contributed by atoms with E-state index in [9.17, 15) is 22.7 Å². The third kappa shape index (κ3) is 3.00. The van der Waals surface area contributed by atoms with Crippen molar-refractivity contribution in [1.29, 1.82) is 0 Å². The summed E-state index contributed by atoms with van der Waals surface area (Å²) in [5.41, 5.74) is 0.156. The Hall–Kier alpha value is -2.26. The number of aliphatic carboxylic acids is 1. The summed E-state index contributed by atoms with van der Waals surface area (Å²) in [5.74, 6) is -1.90. The fourth-order valence-electron chi connectivity index (χ4n) is 1.99. The van der Waals surface area contributed by atoms with Gasteiger partial charge in [-0.3, -0.25) is 9.48 Å². The highest BCUT2D eigenvalue weighted by Crippen LogP contribution is 2.26. The number of aromatic nitrogens is 2. The SMILES string of the molecule is CN(C(C(=O)O)c1ccc(F)cc1)S(=O)(=O)c1cnn(C)c1. The summed E-state index contributed by atoms with van der Waals surface area (Å²) in [4.78, 5) is 11.4. The lowest BCUT2D eigenvalue weighted by Gasteiger charge is -2.23. The lowest BCUT2D eigenvalue weighted by atomic mass is 10.1. The van der Waals surface area contributed by atoms with Crippen LogP contribution >= 0.6 is 0 Å². The molecule has 7 nitrogen and oxygen atoms in total. The average molecular weight is 327 g/mol. The van der Waals surface area contributed by atoms with E-state index in [1.165, 1.54) is 23.0 Å². The molecule has 0 amide bonds. The van der Waals surface area contributed by atoms with Crippen molar-refractivity contribution in [1.82, 2.24) is 14.1 Å². The molecule has 0 spiro atoms. The maximum absolute atomic E-state index is 13.0. The molecule has 0 saturated carbocycles. The van der Waals surface area contributed by atoms with Gasteiger partial charge in [0.15, 0.2) is 0 Å². The van der Waals surface area contributed by atoms with Gasteiger partial charge in [-0.25, -0.2) is 12.8 Å². The van der Waals surface area contributed by atoms with Gasteiger partial charge in [-0.1, -0.05) is 12.1 Å². The van der Waals surface area contributed by atoms with Crippen LogP contribution in [0.1, 0.15) is 11.6 Å². The molecule has 0 aliphatic heterocycles. The van der Waals surface area contributed by atoms with Crippen LogP contribution in [0.4, 0.5) is 4.39 Å². The molecule has 1 heterocycles. The Balaban J connectivity index is 2.44. The molecule has 0 aliphatic carbocycles. The quantitative estimate of drug-likeness (QED) is 0.884. The van der Waals surface area contributed by atoms with Crippen LogP contribution in [0, 0.1) is 5.82 Å². The van der Waals surface area contributed by atoms with Crippen LogP contribution in [0.5, 0.6) is 0 Å². The minimum atomic E-state index is -4.05. The molecule has 0 saturated heterocycles. The smallest absolute Gasteiger partial charge is 0.326 e. The molecule has 118 valence electrons. The van der Waals surface area contributed by atoms with Gasteiger partial charge in [0, 0.05) is 20.3 Å². The first-order valence-corrected chi connectivity index (χ1v) is 7.62. The van der Waals surface area contributed by atoms with Crippen LogP contribution < -0.4 is 0 Å². The average Bonchev–Trinajstić information content (AvgIpc) is 2.88. The fraction of sp³-hybridized carbons (Fsp3) is 0.231. The second-order valence-corrected chi connectivity index (χ2v) is 6.66. The van der Waals surface area contributed by atoms with Crippen LogP contribution in [0.25, 0.3) is 0 Å². The lowest BCUT2D eigenvalue weighted by molar-refractivity contribution is -0.141. The van der Waals surface area contributed by atoms with Gasteiger partial charge in [0.1, 0.15) is 16.8 Å². The summed E-state index contributed by atoms with van der Waals surface area (Å²) in [6.07, 6.45) is 2.41. The normalized spacial score (nSPS) is 13.3. The van der Waals surface area contributed by atoms with Crippen molar-refractivity contribution in [3.63, 3.8) is 0 Å². The Morgan fingerprint density at radius 3 is 2.41 bits per heavy atom. The van der Waals surface area contributed by atoms with Gasteiger partial charge >= 0.3 is 5.97 Å². The zero-order chi connectivity index (χ0) is 16.5. The molecule has 0 aliphatic rings. The lowest BCUT2D eigenvalue weighted by Crippen LogP contribution is -2.35. The molecule has 2 aromatic rings. The van der Waals surface area contributed by atoms with Crippen molar-refractivity contribution in [2.45, 2.75) is 10.9 Å². The molecule has 1 aromatic heterocycles. The van der Waals surface area contributed by atoms with E-state index in [1.807, 2.05) is 0 Å². The van der Waals surface area contributed by atoms with Gasteiger partial charge in [0.2, 0.25) is 10.0 Å². The monoisotopic (exact) mass is 327 g/mol. The van der Waals surface area contributed by atoms with Crippen LogP contribution in [-0.2, 0) is 21.9 Å². The van der Waals surface area contributed by atoms with Crippen LogP contribution in [0.3, 0.4) is 0 Å². The largest absolute Gasteiger partial charge is 0.480 e. The predicted molar refractivity (Wildman–Crippen MR) is 74.9 cm³/mol. The minimum Gasteiger partial charge on any atom is -0.480 e. The third-order valence-corrected chi connectivity index (χ3v) is 4.92. The molecule has 1 N–H and O–H groups in total. The Kier molecular flexibility index (Phi) is 4.29. The van der Waals surface area contributed by atoms with E-state index in [1.54, 1.807) is 7.05 Å². The summed E-state index contributed by atoms with van der Waals surface area (Å²) in [6.45, 7) is 0. The van der Waals surface area contributed by atoms with E-state index < -0.39 is 27.9 Å². The number of sulfonamides is 1. The molecule has 1 aromatic carbocycles. The first kappa shape index (κ1) is 16.1. The molecule has 0 radical (unpaired) electrons. The highest BCUT2D eigenvalue weighted by atomic mass is 32.2. The number of aryl methyl sites for hydroxylation is 1. The number of benzene rings is 1. The number of likely N-dealkylation sites (N-methyl/N-ethyl adjacent to an activating group) is 1. The number of hydrogen-bond acceptors (Lipinski definition) is 4. The number of halogens is 1. The number of hydrogen-bond donors (Lipinski definition) is 1. The van der Waals surface area contributed by atoms with Crippen LogP contribution in [-0.4, -0.2) is 40.6 Å². The second kappa shape index (κ2) is 5.85. The highest BCUT2D eigenvalue weighted by Gasteiger charge is 2.34. The van der Waals surface area contributed by atoms with Crippen LogP contribution in [0.15, 0.2) is 41.6 Å². The number of carboxylic acid groups (broad SMARTS) is 1. The summed E-state index contributed by atoms with van der Waals surface area (Å²) in [5, 5.41) is 13.1. The van der Waals surface area contributed by atoms with Crippen molar-refractivity contribution in [3.05, 3.63) is 48.0 Å². The maximum atomic E-state index is 13.0. The number of carboxylic acids is 1. The van der Waals surface area contributed by atoms with Gasteiger partial charge in [-0.2, -0.15) is 9.40 Å². The van der Waals surface area contributed by atoms with Crippen molar-refractivity contribution in [2.75, 3.05) is 7.05 Å². The minimum absolute atomic E-state index is 0.120. The molecule has 9 heteroatoms. The molecule has 1 unspecified atom stereocenters. The Bertz CT molecular complexity index is 786. The summed E-state index contributed by atoms with van der Waals surface area (Å²) >= 11 is 0. The van der Waals surface area contributed by atoms with Gasteiger partial charge in [-0.05, 0) is 17.7 Å². The van der Waals surface area contributed by atoms with Gasteiger partial charge in [0.25, 0.3) is 0 Å². The summed E-state index contributed by atoms with van der Waals surface area (Å²) < 4.78 is 39.9. The number of rotatable bonds is 5. The van der Waals surface area contributed by atoms with Gasteiger partial charge in [-0.15, -0.1) is 0 Å². The molecular formula is C13H14FN3O4S. The zero-order valence-corrected chi connectivity index (χ0v) is 12.7. The van der Waals surface area contributed by atoms with E-state index in [-0.39, 0.29) is 10.5 Å². The first-order valence-electron chi connectivity index (χ1n) is 6.18. The standard InChI is InChI=1S/C13H14FN3O4S/c1-16-8-11(7-15-16)22(20,21)17(2)12(13(18)19)9-3-5-10(14)6-4-9/h3-8,12H,1-2H3,(H,18,19). The van der Waals surface area contributed by atoms with E-state index in [0.717, 1.165) is 29.7 Å². The highest BCUT2D eigenvalue weighted by molar-refractivity contribution is 7.89. The molecule has 0 bridgehead atoms. The van der Waals surface area contributed by atoms with E-state index in [4.69, 9.17) is 0 Å². The van der Waals surface area contributed by atoms with Crippen molar-refractivity contribution >= 4 is 16.0 Å².